The highest BCUT2D eigenvalue weighted by molar-refractivity contribution is 5.98. The first kappa shape index (κ1) is 18.2. The number of nitrogens with zero attached hydrogens (tertiary/aromatic N) is 3. The molecule has 7 heteroatoms. The lowest BCUT2D eigenvalue weighted by Gasteiger charge is -2.26. The van der Waals surface area contributed by atoms with E-state index in [1.165, 1.54) is 0 Å². The molecule has 0 aliphatic carbocycles. The van der Waals surface area contributed by atoms with Crippen molar-refractivity contribution in [3.63, 3.8) is 0 Å². The highest BCUT2D eigenvalue weighted by atomic mass is 16.5. The third kappa shape index (κ3) is 4.15. The minimum Gasteiger partial charge on any atom is -0.443 e. The first-order valence-corrected chi connectivity index (χ1v) is 8.96. The Bertz CT molecular complexity index is 768. The van der Waals surface area contributed by atoms with E-state index in [2.05, 4.69) is 16.3 Å². The molecule has 1 N–H and O–H groups in total. The molecule has 0 atom stereocenters. The van der Waals surface area contributed by atoms with E-state index in [1.807, 2.05) is 12.1 Å². The van der Waals surface area contributed by atoms with Gasteiger partial charge in [-0.3, -0.25) is 14.3 Å². The molecule has 0 spiro atoms. The van der Waals surface area contributed by atoms with Crippen LogP contribution < -0.4 is 5.32 Å². The number of carbonyl (C=O) groups is 1. The van der Waals surface area contributed by atoms with Gasteiger partial charge in [-0.25, -0.2) is 0 Å². The Morgan fingerprint density at radius 2 is 2.00 bits per heavy atom. The molecule has 1 saturated heterocycles. The van der Waals surface area contributed by atoms with Gasteiger partial charge in [-0.05, 0) is 38.4 Å². The van der Waals surface area contributed by atoms with E-state index in [0.717, 1.165) is 45.7 Å². The summed E-state index contributed by atoms with van der Waals surface area (Å²) in [6.07, 6.45) is 5.48. The predicted molar refractivity (Wildman–Crippen MR) is 96.3 cm³/mol. The molecule has 0 unspecified atom stereocenters. The van der Waals surface area contributed by atoms with Crippen LogP contribution in [0.15, 0.2) is 28.9 Å². The van der Waals surface area contributed by atoms with Gasteiger partial charge < -0.3 is 14.5 Å². The molecule has 1 aliphatic heterocycles. The van der Waals surface area contributed by atoms with Crippen LogP contribution in [0.5, 0.6) is 0 Å². The van der Waals surface area contributed by atoms with Crippen LogP contribution in [0.2, 0.25) is 0 Å². The van der Waals surface area contributed by atoms with Crippen molar-refractivity contribution >= 4 is 5.91 Å². The molecular formula is C19H24N4O3. The molecule has 2 aromatic rings. The molecule has 1 amide bonds. The normalized spacial score (nSPS) is 14.9. The molecule has 1 aliphatic rings. The largest absolute Gasteiger partial charge is 0.443 e. The van der Waals surface area contributed by atoms with Crippen molar-refractivity contribution in [3.8, 4) is 12.0 Å². The quantitative estimate of drug-likeness (QED) is 0.768. The summed E-state index contributed by atoms with van der Waals surface area (Å²) in [5.41, 5.74) is 0.592. The minimum absolute atomic E-state index is 0.257. The monoisotopic (exact) mass is 356 g/mol. The summed E-state index contributed by atoms with van der Waals surface area (Å²) < 4.78 is 12.7. The molecule has 138 valence electrons. The molecule has 1 fully saturated rings. The lowest BCUT2D eigenvalue weighted by molar-refractivity contribution is 0.0372. The zero-order valence-corrected chi connectivity index (χ0v) is 15.0. The van der Waals surface area contributed by atoms with Gasteiger partial charge in [-0.1, -0.05) is 0 Å². The number of morpholine rings is 1. The zero-order chi connectivity index (χ0) is 18.4. The summed E-state index contributed by atoms with van der Waals surface area (Å²) in [5.74, 6) is 0.580. The van der Waals surface area contributed by atoms with E-state index in [9.17, 15) is 10.1 Å². The predicted octanol–water partition coefficient (Wildman–Crippen LogP) is 2.09. The van der Waals surface area contributed by atoms with E-state index in [-0.39, 0.29) is 11.5 Å². The summed E-state index contributed by atoms with van der Waals surface area (Å²) in [6.45, 7) is 6.88. The number of amides is 1. The highest BCUT2D eigenvalue weighted by Crippen LogP contribution is 2.25. The maximum atomic E-state index is 12.5. The number of hydrogen-bond donors (Lipinski definition) is 1. The lowest BCUT2D eigenvalue weighted by atomic mass is 10.1. The first-order valence-electron chi connectivity index (χ1n) is 8.96. The fourth-order valence-electron chi connectivity index (χ4n) is 3.13. The second-order valence-corrected chi connectivity index (χ2v) is 6.33. The molecule has 3 rings (SSSR count). The van der Waals surface area contributed by atoms with E-state index in [1.54, 1.807) is 23.9 Å². The van der Waals surface area contributed by atoms with Crippen LogP contribution in [0.25, 0.3) is 5.88 Å². The fraction of sp³-hybridized carbons (Fsp3) is 0.474. The summed E-state index contributed by atoms with van der Waals surface area (Å²) >= 11 is 0. The van der Waals surface area contributed by atoms with Crippen molar-refractivity contribution in [3.05, 3.63) is 41.4 Å². The van der Waals surface area contributed by atoms with Gasteiger partial charge in [0.1, 0.15) is 23.0 Å². The van der Waals surface area contributed by atoms with Gasteiger partial charge in [-0.15, -0.1) is 0 Å². The van der Waals surface area contributed by atoms with Crippen LogP contribution in [0.1, 0.15) is 34.5 Å². The summed E-state index contributed by atoms with van der Waals surface area (Å²) in [4.78, 5) is 14.9. The number of nitrogens with one attached hydrogen (secondary N) is 1. The van der Waals surface area contributed by atoms with E-state index < -0.39 is 0 Å². The Morgan fingerprint density at radius 1 is 1.27 bits per heavy atom. The summed E-state index contributed by atoms with van der Waals surface area (Å²) in [5, 5.41) is 12.4. The Labute approximate surface area is 153 Å². The highest BCUT2D eigenvalue weighted by Gasteiger charge is 2.24. The maximum absolute atomic E-state index is 12.5. The number of rotatable bonds is 7. The standard InChI is InChI=1S/C19H24N4O3/c1-15-17(16(14-20)19(26-15)23-8-4-5-9-23)18(24)21-6-2-3-7-22-10-12-25-13-11-22/h4-5,8-9H,2-3,6-7,10-13H2,1H3,(H,21,24). The third-order valence-electron chi connectivity index (χ3n) is 4.53. The average molecular weight is 356 g/mol. The molecular weight excluding hydrogens is 332 g/mol. The lowest BCUT2D eigenvalue weighted by Crippen LogP contribution is -2.37. The number of furan rings is 1. The average Bonchev–Trinajstić information content (AvgIpc) is 3.29. The molecule has 0 saturated carbocycles. The second kappa shape index (κ2) is 8.70. The molecule has 7 nitrogen and oxygen atoms in total. The molecule has 2 aromatic heterocycles. The third-order valence-corrected chi connectivity index (χ3v) is 4.53. The van der Waals surface area contributed by atoms with Gasteiger partial charge in [0.25, 0.3) is 5.91 Å². The van der Waals surface area contributed by atoms with Gasteiger partial charge in [0, 0.05) is 32.0 Å². The molecule has 26 heavy (non-hydrogen) atoms. The number of hydrogen-bond acceptors (Lipinski definition) is 5. The maximum Gasteiger partial charge on any atom is 0.256 e. The fourth-order valence-corrected chi connectivity index (χ4v) is 3.13. The molecule has 0 bridgehead atoms. The topological polar surface area (TPSA) is 83.4 Å². The second-order valence-electron chi connectivity index (χ2n) is 6.33. The van der Waals surface area contributed by atoms with Crippen molar-refractivity contribution in [1.29, 1.82) is 5.26 Å². The number of aromatic nitrogens is 1. The zero-order valence-electron chi connectivity index (χ0n) is 15.0. The molecule has 3 heterocycles. The number of nitriles is 1. The van der Waals surface area contributed by atoms with Crippen LogP contribution in [-0.2, 0) is 4.74 Å². The SMILES string of the molecule is Cc1oc(-n2cccc2)c(C#N)c1C(=O)NCCCCN1CCOCC1. The Morgan fingerprint density at radius 3 is 2.69 bits per heavy atom. The summed E-state index contributed by atoms with van der Waals surface area (Å²) in [6, 6.07) is 5.79. The van der Waals surface area contributed by atoms with Crippen LogP contribution in [0, 0.1) is 18.3 Å². The van der Waals surface area contributed by atoms with Gasteiger partial charge in [0.2, 0.25) is 5.88 Å². The van der Waals surface area contributed by atoms with E-state index >= 15 is 0 Å². The van der Waals surface area contributed by atoms with Crippen LogP contribution in [0.4, 0.5) is 0 Å². The Kier molecular flexibility index (Phi) is 6.10. The van der Waals surface area contributed by atoms with Gasteiger partial charge in [-0.2, -0.15) is 5.26 Å². The number of aryl methyl sites for hydroxylation is 1. The van der Waals surface area contributed by atoms with E-state index in [4.69, 9.17) is 9.15 Å². The van der Waals surface area contributed by atoms with Crippen molar-refractivity contribution in [2.75, 3.05) is 39.4 Å². The van der Waals surface area contributed by atoms with Gasteiger partial charge in [0.05, 0.1) is 13.2 Å². The van der Waals surface area contributed by atoms with Crippen molar-refractivity contribution in [1.82, 2.24) is 14.8 Å². The molecule has 0 aromatic carbocycles. The number of carbonyl (C=O) groups excluding carboxylic acids is 1. The van der Waals surface area contributed by atoms with Crippen molar-refractivity contribution in [2.24, 2.45) is 0 Å². The Hall–Kier alpha value is -2.56. The van der Waals surface area contributed by atoms with Crippen LogP contribution in [0.3, 0.4) is 0 Å². The van der Waals surface area contributed by atoms with Gasteiger partial charge in [0.15, 0.2) is 0 Å². The number of unbranched alkanes of at least 4 members (excludes halogenated alkanes) is 1. The van der Waals surface area contributed by atoms with Crippen LogP contribution in [-0.4, -0.2) is 54.8 Å². The Balaban J connectivity index is 1.54. The van der Waals surface area contributed by atoms with Crippen LogP contribution >= 0.6 is 0 Å². The van der Waals surface area contributed by atoms with E-state index in [0.29, 0.717) is 23.8 Å². The minimum atomic E-state index is -0.257. The van der Waals surface area contributed by atoms with Gasteiger partial charge >= 0.3 is 0 Å². The summed E-state index contributed by atoms with van der Waals surface area (Å²) in [7, 11) is 0. The van der Waals surface area contributed by atoms with Crippen molar-refractivity contribution < 1.29 is 13.9 Å². The number of ether oxygens (including phenoxy) is 1. The molecule has 0 radical (unpaired) electrons. The first-order chi connectivity index (χ1) is 12.7. The smallest absolute Gasteiger partial charge is 0.256 e. The van der Waals surface area contributed by atoms with Crippen molar-refractivity contribution in [2.45, 2.75) is 19.8 Å².